The molecule has 0 heterocycles. The largest absolute Gasteiger partial charge is 0.316 e. The van der Waals surface area contributed by atoms with Crippen molar-refractivity contribution in [2.24, 2.45) is 5.73 Å². The van der Waals surface area contributed by atoms with Gasteiger partial charge in [0, 0.05) is 14.1 Å². The minimum absolute atomic E-state index is 0.198. The Balaban J connectivity index is 2.75. The van der Waals surface area contributed by atoms with Crippen molar-refractivity contribution in [3.05, 3.63) is 35.4 Å². The van der Waals surface area contributed by atoms with E-state index in [1.54, 1.807) is 19.1 Å². The van der Waals surface area contributed by atoms with E-state index in [1.807, 2.05) is 24.3 Å². The van der Waals surface area contributed by atoms with E-state index in [0.29, 0.717) is 5.92 Å². The number of nitrogens with zero attached hydrogens (tertiary/aromatic N) is 1. The van der Waals surface area contributed by atoms with Crippen LogP contribution in [-0.2, 0) is 4.79 Å². The van der Waals surface area contributed by atoms with Gasteiger partial charge in [-0.15, -0.1) is 0 Å². The molecule has 1 aromatic rings. The molecule has 0 saturated carbocycles. The van der Waals surface area contributed by atoms with Crippen LogP contribution in [0.15, 0.2) is 24.3 Å². The van der Waals surface area contributed by atoms with Gasteiger partial charge in [-0.25, -0.2) is 5.01 Å². The lowest BCUT2D eigenvalue weighted by Crippen LogP contribution is -2.41. The fourth-order valence-corrected chi connectivity index (χ4v) is 1.71. The lowest BCUT2D eigenvalue weighted by molar-refractivity contribution is -0.126. The molecule has 4 nitrogen and oxygen atoms in total. The Kier molecular flexibility index (Phi) is 5.31. The molecule has 0 aliphatic rings. The lowest BCUT2D eigenvalue weighted by atomic mass is 9.96. The summed E-state index contributed by atoms with van der Waals surface area (Å²) in [5.74, 6) is 0.335. The fraction of sp³-hybridized carbons (Fsp3) is 0.500. The molecule has 0 aliphatic heterocycles. The first-order valence-electron chi connectivity index (χ1n) is 6.29. The van der Waals surface area contributed by atoms with Crippen LogP contribution < -0.4 is 11.2 Å². The Morgan fingerprint density at radius 3 is 2.22 bits per heavy atom. The Morgan fingerprint density at radius 2 is 1.78 bits per heavy atom. The zero-order valence-electron chi connectivity index (χ0n) is 11.6. The summed E-state index contributed by atoms with van der Waals surface area (Å²) in [7, 11) is 3.52. The van der Waals surface area contributed by atoms with E-state index in [0.717, 1.165) is 12.0 Å². The van der Waals surface area contributed by atoms with Gasteiger partial charge in [0.25, 0.3) is 5.91 Å². The topological polar surface area (TPSA) is 58.4 Å². The molecular weight excluding hydrogens is 226 g/mol. The first-order valence-corrected chi connectivity index (χ1v) is 6.29. The van der Waals surface area contributed by atoms with E-state index in [-0.39, 0.29) is 5.91 Å². The first-order chi connectivity index (χ1) is 8.45. The van der Waals surface area contributed by atoms with Crippen LogP contribution in [0, 0.1) is 0 Å². The SMILES string of the molecule is CCC(C)c1ccc(C(N)C(=O)NN(C)C)cc1. The number of amides is 1. The molecule has 0 fully saturated rings. The molecule has 1 amide bonds. The van der Waals surface area contributed by atoms with Crippen molar-refractivity contribution in [3.8, 4) is 0 Å². The maximum absolute atomic E-state index is 11.8. The van der Waals surface area contributed by atoms with Crippen LogP contribution in [0.4, 0.5) is 0 Å². The first kappa shape index (κ1) is 14.7. The summed E-state index contributed by atoms with van der Waals surface area (Å²) in [6.07, 6.45) is 1.10. The third-order valence-electron chi connectivity index (χ3n) is 3.09. The number of hydrazine groups is 1. The zero-order valence-corrected chi connectivity index (χ0v) is 11.6. The highest BCUT2D eigenvalue weighted by Crippen LogP contribution is 2.20. The summed E-state index contributed by atoms with van der Waals surface area (Å²) >= 11 is 0. The summed E-state index contributed by atoms with van der Waals surface area (Å²) in [6.45, 7) is 4.35. The molecule has 4 heteroatoms. The summed E-state index contributed by atoms with van der Waals surface area (Å²) < 4.78 is 0. The number of nitrogens with one attached hydrogen (secondary N) is 1. The van der Waals surface area contributed by atoms with Crippen molar-refractivity contribution in [1.82, 2.24) is 10.4 Å². The molecule has 1 rings (SSSR count). The van der Waals surface area contributed by atoms with E-state index >= 15 is 0 Å². The number of carbonyl (C=O) groups excluding carboxylic acids is 1. The third-order valence-corrected chi connectivity index (χ3v) is 3.09. The Labute approximate surface area is 109 Å². The molecule has 0 spiro atoms. The highest BCUT2D eigenvalue weighted by Gasteiger charge is 2.16. The fourth-order valence-electron chi connectivity index (χ4n) is 1.71. The predicted molar refractivity (Wildman–Crippen MR) is 73.9 cm³/mol. The van der Waals surface area contributed by atoms with Gasteiger partial charge in [-0.3, -0.25) is 10.2 Å². The Hall–Kier alpha value is -1.39. The van der Waals surface area contributed by atoms with E-state index in [1.165, 1.54) is 5.56 Å². The number of hydrogen-bond acceptors (Lipinski definition) is 3. The van der Waals surface area contributed by atoms with Gasteiger partial charge in [-0.2, -0.15) is 0 Å². The average molecular weight is 249 g/mol. The highest BCUT2D eigenvalue weighted by molar-refractivity contribution is 5.82. The predicted octanol–water partition coefficient (Wildman–Crippen LogP) is 1.79. The summed E-state index contributed by atoms with van der Waals surface area (Å²) in [4.78, 5) is 11.8. The standard InChI is InChI=1S/C14H23N3O/c1-5-10(2)11-6-8-12(9-7-11)13(15)14(18)16-17(3)4/h6-10,13H,5,15H2,1-4H3,(H,16,18). The number of benzene rings is 1. The van der Waals surface area contributed by atoms with Gasteiger partial charge in [-0.1, -0.05) is 38.1 Å². The smallest absolute Gasteiger partial charge is 0.255 e. The zero-order chi connectivity index (χ0) is 13.7. The van der Waals surface area contributed by atoms with E-state index in [4.69, 9.17) is 5.73 Å². The molecule has 3 N–H and O–H groups in total. The van der Waals surface area contributed by atoms with Crippen LogP contribution in [-0.4, -0.2) is 25.0 Å². The Bertz CT molecular complexity index is 387. The van der Waals surface area contributed by atoms with Crippen molar-refractivity contribution < 1.29 is 4.79 Å². The molecule has 0 saturated heterocycles. The quantitative estimate of drug-likeness (QED) is 0.782. The minimum Gasteiger partial charge on any atom is -0.316 e. The Morgan fingerprint density at radius 1 is 1.28 bits per heavy atom. The van der Waals surface area contributed by atoms with E-state index in [9.17, 15) is 4.79 Å². The molecule has 2 unspecified atom stereocenters. The summed E-state index contributed by atoms with van der Waals surface area (Å²) in [5, 5.41) is 1.59. The number of hydrogen-bond donors (Lipinski definition) is 2. The van der Waals surface area contributed by atoms with Crippen LogP contribution in [0.3, 0.4) is 0 Å². The average Bonchev–Trinajstić information content (AvgIpc) is 2.36. The van der Waals surface area contributed by atoms with Crippen molar-refractivity contribution in [1.29, 1.82) is 0 Å². The molecule has 100 valence electrons. The summed E-state index contributed by atoms with van der Waals surface area (Å²) in [5.41, 5.74) is 10.7. The minimum atomic E-state index is -0.626. The molecule has 1 aromatic carbocycles. The molecule has 0 aliphatic carbocycles. The van der Waals surface area contributed by atoms with Gasteiger partial charge < -0.3 is 5.73 Å². The monoisotopic (exact) mass is 249 g/mol. The van der Waals surface area contributed by atoms with Crippen molar-refractivity contribution in [2.75, 3.05) is 14.1 Å². The maximum Gasteiger partial charge on any atom is 0.255 e. The highest BCUT2D eigenvalue weighted by atomic mass is 16.2. The second-order valence-corrected chi connectivity index (χ2v) is 4.82. The molecule has 0 radical (unpaired) electrons. The van der Waals surface area contributed by atoms with Gasteiger partial charge in [0.1, 0.15) is 6.04 Å². The van der Waals surface area contributed by atoms with Crippen LogP contribution in [0.2, 0.25) is 0 Å². The third kappa shape index (κ3) is 3.82. The molecule has 2 atom stereocenters. The molecule has 18 heavy (non-hydrogen) atoms. The van der Waals surface area contributed by atoms with Gasteiger partial charge in [0.05, 0.1) is 0 Å². The van der Waals surface area contributed by atoms with Gasteiger partial charge in [0.2, 0.25) is 0 Å². The molecule has 0 bridgehead atoms. The molecule has 0 aromatic heterocycles. The maximum atomic E-state index is 11.8. The van der Waals surface area contributed by atoms with Gasteiger partial charge in [0.15, 0.2) is 0 Å². The second-order valence-electron chi connectivity index (χ2n) is 4.82. The van der Waals surface area contributed by atoms with Crippen molar-refractivity contribution in [3.63, 3.8) is 0 Å². The lowest BCUT2D eigenvalue weighted by Gasteiger charge is -2.17. The van der Waals surface area contributed by atoms with E-state index < -0.39 is 6.04 Å². The van der Waals surface area contributed by atoms with E-state index in [2.05, 4.69) is 19.3 Å². The molecular formula is C14H23N3O. The van der Waals surface area contributed by atoms with Crippen LogP contribution in [0.5, 0.6) is 0 Å². The van der Waals surface area contributed by atoms with Crippen LogP contribution >= 0.6 is 0 Å². The second kappa shape index (κ2) is 6.52. The van der Waals surface area contributed by atoms with Crippen LogP contribution in [0.1, 0.15) is 43.4 Å². The normalized spacial score (nSPS) is 14.3. The van der Waals surface area contributed by atoms with Gasteiger partial charge >= 0.3 is 0 Å². The van der Waals surface area contributed by atoms with Crippen LogP contribution in [0.25, 0.3) is 0 Å². The number of rotatable bonds is 5. The number of carbonyl (C=O) groups is 1. The number of nitrogens with two attached hydrogens (primary N) is 1. The van der Waals surface area contributed by atoms with Crippen molar-refractivity contribution in [2.45, 2.75) is 32.2 Å². The van der Waals surface area contributed by atoms with Crippen molar-refractivity contribution >= 4 is 5.91 Å². The summed E-state index contributed by atoms with van der Waals surface area (Å²) in [6, 6.07) is 7.33. The van der Waals surface area contributed by atoms with Gasteiger partial charge in [-0.05, 0) is 23.5 Å².